The quantitative estimate of drug-likeness (QED) is 0.130. The highest BCUT2D eigenvalue weighted by atomic mass is 19.2. The fourth-order valence-electron chi connectivity index (χ4n) is 5.06. The lowest BCUT2D eigenvalue weighted by molar-refractivity contribution is -0.648. The van der Waals surface area contributed by atoms with Crippen LogP contribution in [0.25, 0.3) is 0 Å². The first kappa shape index (κ1) is 36.3. The zero-order chi connectivity index (χ0) is 35.0. The second kappa shape index (κ2) is 13.6. The van der Waals surface area contributed by atoms with Crippen molar-refractivity contribution in [3.63, 3.8) is 0 Å². The highest BCUT2D eigenvalue weighted by Crippen LogP contribution is 2.27. The molecule has 1 nitrogen and oxygen atoms in total. The molecule has 0 amide bonds. The maximum atomic E-state index is 15.3. The summed E-state index contributed by atoms with van der Waals surface area (Å²) in [6.45, 7) is 6.75. The number of quaternary nitrogens is 1. The van der Waals surface area contributed by atoms with Crippen molar-refractivity contribution < 1.29 is 75.6 Å². The van der Waals surface area contributed by atoms with E-state index in [0.717, 1.165) is 0 Å². The van der Waals surface area contributed by atoms with E-state index in [9.17, 15) is 35.1 Å². The normalized spacial score (nSPS) is 11.5. The second-order valence-electron chi connectivity index (χ2n) is 9.50. The van der Waals surface area contributed by atoms with Crippen LogP contribution in [0.15, 0.2) is 24.3 Å². The summed E-state index contributed by atoms with van der Waals surface area (Å²) < 4.78 is 235. The van der Waals surface area contributed by atoms with E-state index in [1.165, 1.54) is 13.1 Å². The molecule has 0 aromatic heterocycles. The van der Waals surface area contributed by atoms with Crippen LogP contribution in [0.1, 0.15) is 13.8 Å². The van der Waals surface area contributed by atoms with Crippen LogP contribution in [0.3, 0.4) is 0 Å². The van der Waals surface area contributed by atoms with Gasteiger partial charge in [-0.1, -0.05) is 0 Å². The Bertz CT molecular complexity index is 1570. The highest BCUT2D eigenvalue weighted by Gasteiger charge is 2.49. The molecule has 4 aromatic carbocycles. The van der Waals surface area contributed by atoms with E-state index in [1.807, 2.05) is 0 Å². The third kappa shape index (κ3) is 5.78. The molecule has 0 radical (unpaired) electrons. The van der Waals surface area contributed by atoms with Gasteiger partial charge < -0.3 is 5.32 Å². The van der Waals surface area contributed by atoms with Crippen molar-refractivity contribution in [1.29, 1.82) is 0 Å². The van der Waals surface area contributed by atoms with Crippen molar-refractivity contribution in [3.05, 3.63) is 117 Å². The standard InChI is InChI=1S/C24H4BF16.C4H11N/c26-5-1-9(30)17(34)21(38)13(5)25(14-6(27)2-10(31)18(35)22(14)39,15-7(28)3-11(32)19(36)23(15)40)16-8(29)4-12(33)20(37)24(16)41;1-3-5-4-2/h1-4H;5H,3-4H2,1-2H3/q-1;/p+1. The SMILES string of the molecule is CC[NH2+]CC.Fc1cc(F)c([B-](c2c(F)cc(F)c(F)c2F)(c2c(F)cc(F)c(F)c2F)c2c(F)cc(F)c(F)c2F)c(F)c1F. The lowest BCUT2D eigenvalue weighted by atomic mass is 9.12. The zero-order valence-corrected chi connectivity index (χ0v) is 22.9. The predicted molar refractivity (Wildman–Crippen MR) is 132 cm³/mol. The summed E-state index contributed by atoms with van der Waals surface area (Å²) in [5.41, 5.74) is -10.9. The minimum absolute atomic E-state index is 0.731. The fraction of sp³-hybridized carbons (Fsp3) is 0.143. The van der Waals surface area contributed by atoms with Gasteiger partial charge in [0.05, 0.1) is 36.4 Å². The van der Waals surface area contributed by atoms with E-state index in [1.54, 1.807) is 0 Å². The van der Waals surface area contributed by atoms with E-state index < -0.39 is 145 Å². The lowest BCUT2D eigenvalue weighted by Crippen LogP contribution is -2.82. The minimum Gasteiger partial charge on any atom is -0.347 e. The number of rotatable bonds is 6. The van der Waals surface area contributed by atoms with Crippen LogP contribution in [0.2, 0.25) is 0 Å². The van der Waals surface area contributed by atoms with Crippen molar-refractivity contribution in [2.24, 2.45) is 0 Å². The van der Waals surface area contributed by atoms with E-state index in [0.29, 0.717) is 0 Å². The van der Waals surface area contributed by atoms with E-state index in [2.05, 4.69) is 19.2 Å². The van der Waals surface area contributed by atoms with Gasteiger partial charge in [-0.15, -0.1) is 21.9 Å². The van der Waals surface area contributed by atoms with Crippen molar-refractivity contribution >= 4 is 28.0 Å². The Hall–Kier alpha value is -4.22. The average Bonchev–Trinajstić information content (AvgIpc) is 2.97. The molecule has 2 N–H and O–H groups in total. The smallest absolute Gasteiger partial charge is 0.191 e. The molecular formula is C28H16BF16N. The molecule has 248 valence electrons. The van der Waals surface area contributed by atoms with Crippen molar-refractivity contribution in [1.82, 2.24) is 0 Å². The van der Waals surface area contributed by atoms with Gasteiger partial charge in [0.2, 0.25) is 0 Å². The maximum absolute atomic E-state index is 15.3. The molecule has 46 heavy (non-hydrogen) atoms. The third-order valence-corrected chi connectivity index (χ3v) is 6.91. The molecule has 4 aromatic rings. The summed E-state index contributed by atoms with van der Waals surface area (Å²) in [6.07, 6.45) is -6.18. The molecule has 0 saturated heterocycles. The summed E-state index contributed by atoms with van der Waals surface area (Å²) in [5, 5.41) is 2.25. The van der Waals surface area contributed by atoms with Crippen LogP contribution in [0.5, 0.6) is 0 Å². The number of hydrogen-bond donors (Lipinski definition) is 1. The molecule has 0 atom stereocenters. The topological polar surface area (TPSA) is 16.6 Å². The first-order valence-corrected chi connectivity index (χ1v) is 12.7. The summed E-state index contributed by atoms with van der Waals surface area (Å²) >= 11 is 0. The van der Waals surface area contributed by atoms with E-state index in [4.69, 9.17) is 0 Å². The Morgan fingerprint density at radius 2 is 0.543 bits per heavy atom. The van der Waals surface area contributed by atoms with Gasteiger partial charge in [0.25, 0.3) is 0 Å². The Balaban J connectivity index is 0.00000107. The molecular weight excluding hydrogens is 665 g/mol. The summed E-state index contributed by atoms with van der Waals surface area (Å²) in [4.78, 5) is 0. The lowest BCUT2D eigenvalue weighted by Gasteiger charge is -2.44. The first-order valence-electron chi connectivity index (χ1n) is 12.7. The first-order chi connectivity index (χ1) is 21.4. The average molecular weight is 681 g/mol. The molecule has 0 spiro atoms. The van der Waals surface area contributed by atoms with Crippen LogP contribution in [-0.2, 0) is 0 Å². The fourth-order valence-corrected chi connectivity index (χ4v) is 5.06. The molecule has 0 bridgehead atoms. The number of halogens is 16. The number of hydrogen-bond acceptors (Lipinski definition) is 0. The second-order valence-corrected chi connectivity index (χ2v) is 9.50. The van der Waals surface area contributed by atoms with E-state index >= 15 is 35.1 Å². The molecule has 4 rings (SSSR count). The van der Waals surface area contributed by atoms with Crippen LogP contribution in [0.4, 0.5) is 70.2 Å². The van der Waals surface area contributed by atoms with Gasteiger partial charge >= 0.3 is 0 Å². The van der Waals surface area contributed by atoms with Gasteiger partial charge in [-0.25, -0.2) is 70.2 Å². The molecule has 0 aliphatic carbocycles. The van der Waals surface area contributed by atoms with Crippen LogP contribution in [0, 0.1) is 93.1 Å². The summed E-state index contributed by atoms with van der Waals surface area (Å²) in [6, 6.07) is -2.92. The number of benzene rings is 4. The van der Waals surface area contributed by atoms with Crippen LogP contribution < -0.4 is 27.2 Å². The number of nitrogens with two attached hydrogens (primary N) is 1. The van der Waals surface area contributed by atoms with Crippen molar-refractivity contribution in [2.75, 3.05) is 13.1 Å². The maximum Gasteiger partial charge on any atom is 0.191 e. The monoisotopic (exact) mass is 681 g/mol. The van der Waals surface area contributed by atoms with E-state index in [-0.39, 0.29) is 0 Å². The molecule has 18 heteroatoms. The Kier molecular flexibility index (Phi) is 10.8. The van der Waals surface area contributed by atoms with Gasteiger partial charge in [-0.2, -0.15) is 0 Å². The summed E-state index contributed by atoms with van der Waals surface area (Å²) in [5.74, 6) is -45.1. The molecule has 0 heterocycles. The Morgan fingerprint density at radius 1 is 0.348 bits per heavy atom. The third-order valence-electron chi connectivity index (χ3n) is 6.91. The van der Waals surface area contributed by atoms with Gasteiger partial charge in [0, 0.05) is 24.3 Å². The van der Waals surface area contributed by atoms with Gasteiger partial charge in [0.1, 0.15) is 29.4 Å². The Morgan fingerprint density at radius 3 is 0.696 bits per heavy atom. The summed E-state index contributed by atoms with van der Waals surface area (Å²) in [7, 11) is 0. The van der Waals surface area contributed by atoms with Gasteiger partial charge in [-0.05, 0) is 13.8 Å². The van der Waals surface area contributed by atoms with Crippen molar-refractivity contribution in [3.8, 4) is 0 Å². The zero-order valence-electron chi connectivity index (χ0n) is 22.9. The molecule has 0 aliphatic heterocycles. The van der Waals surface area contributed by atoms with Crippen LogP contribution >= 0.6 is 0 Å². The highest BCUT2D eigenvalue weighted by molar-refractivity contribution is 7.20. The molecule has 0 saturated carbocycles. The predicted octanol–water partition coefficient (Wildman–Crippen LogP) is 4.88. The van der Waals surface area contributed by atoms with Gasteiger partial charge in [-0.3, -0.25) is 0 Å². The van der Waals surface area contributed by atoms with Crippen LogP contribution in [-0.4, -0.2) is 19.2 Å². The molecule has 0 aliphatic rings. The molecule has 0 fully saturated rings. The molecule has 0 unspecified atom stereocenters. The Labute approximate surface area is 248 Å². The van der Waals surface area contributed by atoms with Crippen molar-refractivity contribution in [2.45, 2.75) is 13.8 Å². The van der Waals surface area contributed by atoms with Gasteiger partial charge in [0.15, 0.2) is 46.5 Å². The minimum atomic E-state index is -6.18. The largest absolute Gasteiger partial charge is 0.347 e.